The van der Waals surface area contributed by atoms with E-state index in [1.54, 1.807) is 12.4 Å². The zero-order chi connectivity index (χ0) is 17.1. The molecule has 0 radical (unpaired) electrons. The first-order valence-corrected chi connectivity index (χ1v) is 8.93. The lowest BCUT2D eigenvalue weighted by Crippen LogP contribution is -2.45. The summed E-state index contributed by atoms with van der Waals surface area (Å²) >= 11 is 0. The van der Waals surface area contributed by atoms with E-state index < -0.39 is 0 Å². The fourth-order valence-corrected chi connectivity index (χ4v) is 3.71. The number of hydrogen-bond acceptors (Lipinski definition) is 6. The zero-order valence-electron chi connectivity index (χ0n) is 14.6. The summed E-state index contributed by atoms with van der Waals surface area (Å²) in [6.07, 6.45) is 6.69. The van der Waals surface area contributed by atoms with E-state index in [0.717, 1.165) is 49.7 Å². The SMILES string of the molecule is Cc1cccc(COC2COC3(CCN(c4ncccn4)CC3)C2)n1. The molecule has 0 saturated carbocycles. The Morgan fingerprint density at radius 1 is 1.20 bits per heavy atom. The van der Waals surface area contributed by atoms with Gasteiger partial charge in [-0.3, -0.25) is 4.98 Å². The molecule has 1 spiro atoms. The van der Waals surface area contributed by atoms with Crippen LogP contribution >= 0.6 is 0 Å². The summed E-state index contributed by atoms with van der Waals surface area (Å²) in [6, 6.07) is 7.88. The van der Waals surface area contributed by atoms with Crippen molar-refractivity contribution in [3.05, 3.63) is 48.0 Å². The highest BCUT2D eigenvalue weighted by atomic mass is 16.6. The molecule has 25 heavy (non-hydrogen) atoms. The largest absolute Gasteiger partial charge is 0.372 e. The lowest BCUT2D eigenvalue weighted by molar-refractivity contribution is -0.0206. The summed E-state index contributed by atoms with van der Waals surface area (Å²) in [4.78, 5) is 15.4. The monoisotopic (exact) mass is 340 g/mol. The summed E-state index contributed by atoms with van der Waals surface area (Å²) in [5.74, 6) is 0.814. The van der Waals surface area contributed by atoms with E-state index in [1.807, 2.05) is 31.2 Å². The smallest absolute Gasteiger partial charge is 0.225 e. The third-order valence-electron chi connectivity index (χ3n) is 5.10. The first kappa shape index (κ1) is 16.4. The molecule has 6 nitrogen and oxygen atoms in total. The molecule has 2 aliphatic rings. The van der Waals surface area contributed by atoms with Gasteiger partial charge in [-0.25, -0.2) is 9.97 Å². The first-order valence-electron chi connectivity index (χ1n) is 8.93. The lowest BCUT2D eigenvalue weighted by atomic mass is 9.88. The maximum Gasteiger partial charge on any atom is 0.225 e. The molecule has 6 heteroatoms. The minimum Gasteiger partial charge on any atom is -0.372 e. The van der Waals surface area contributed by atoms with Gasteiger partial charge in [0.05, 0.1) is 30.6 Å². The van der Waals surface area contributed by atoms with E-state index in [4.69, 9.17) is 9.47 Å². The van der Waals surface area contributed by atoms with Crippen LogP contribution in [0.2, 0.25) is 0 Å². The maximum atomic E-state index is 6.18. The highest BCUT2D eigenvalue weighted by Crippen LogP contribution is 2.37. The molecule has 2 aromatic heterocycles. The van der Waals surface area contributed by atoms with Crippen molar-refractivity contribution < 1.29 is 9.47 Å². The third-order valence-corrected chi connectivity index (χ3v) is 5.10. The van der Waals surface area contributed by atoms with Gasteiger partial charge in [0.1, 0.15) is 0 Å². The molecule has 2 aliphatic heterocycles. The van der Waals surface area contributed by atoms with Gasteiger partial charge in [-0.2, -0.15) is 0 Å². The predicted molar refractivity (Wildman–Crippen MR) is 94.3 cm³/mol. The van der Waals surface area contributed by atoms with Crippen molar-refractivity contribution in [3.8, 4) is 0 Å². The van der Waals surface area contributed by atoms with Crippen molar-refractivity contribution in [3.63, 3.8) is 0 Å². The Morgan fingerprint density at radius 2 is 2.00 bits per heavy atom. The summed E-state index contributed by atoms with van der Waals surface area (Å²) in [7, 11) is 0. The zero-order valence-corrected chi connectivity index (χ0v) is 14.6. The molecular weight excluding hydrogens is 316 g/mol. The van der Waals surface area contributed by atoms with E-state index in [0.29, 0.717) is 13.2 Å². The van der Waals surface area contributed by atoms with Gasteiger partial charge in [-0.05, 0) is 38.0 Å². The Balaban J connectivity index is 1.29. The average Bonchev–Trinajstić information content (AvgIpc) is 3.04. The Bertz CT molecular complexity index is 702. The molecule has 4 rings (SSSR count). The molecule has 2 aromatic rings. The Labute approximate surface area is 148 Å². The third kappa shape index (κ3) is 3.80. The molecular formula is C19H24N4O2. The Hall–Kier alpha value is -2.05. The molecule has 0 aliphatic carbocycles. The predicted octanol–water partition coefficient (Wildman–Crippen LogP) is 2.52. The number of anilines is 1. The second-order valence-electron chi connectivity index (χ2n) is 6.94. The van der Waals surface area contributed by atoms with Crippen LogP contribution < -0.4 is 4.90 Å². The quantitative estimate of drug-likeness (QED) is 0.852. The minimum absolute atomic E-state index is 0.0457. The van der Waals surface area contributed by atoms with Crippen molar-refractivity contribution in [2.75, 3.05) is 24.6 Å². The average molecular weight is 340 g/mol. The van der Waals surface area contributed by atoms with Crippen LogP contribution in [0.15, 0.2) is 36.7 Å². The minimum atomic E-state index is -0.0457. The summed E-state index contributed by atoms with van der Waals surface area (Å²) in [5, 5.41) is 0. The highest BCUT2D eigenvalue weighted by Gasteiger charge is 2.43. The van der Waals surface area contributed by atoms with Gasteiger partial charge < -0.3 is 14.4 Å². The van der Waals surface area contributed by atoms with Gasteiger partial charge in [-0.1, -0.05) is 6.07 Å². The number of ether oxygens (including phenoxy) is 2. The second kappa shape index (κ2) is 7.06. The van der Waals surface area contributed by atoms with Gasteiger partial charge in [0, 0.05) is 37.6 Å². The molecule has 0 N–H and O–H groups in total. The van der Waals surface area contributed by atoms with Crippen LogP contribution in [0.25, 0.3) is 0 Å². The molecule has 4 heterocycles. The number of hydrogen-bond donors (Lipinski definition) is 0. The topological polar surface area (TPSA) is 60.4 Å². The second-order valence-corrected chi connectivity index (χ2v) is 6.94. The normalized spacial score (nSPS) is 22.4. The molecule has 0 amide bonds. The maximum absolute atomic E-state index is 6.18. The van der Waals surface area contributed by atoms with Crippen LogP contribution in [0.1, 0.15) is 30.7 Å². The van der Waals surface area contributed by atoms with E-state index >= 15 is 0 Å². The van der Waals surface area contributed by atoms with Crippen molar-refractivity contribution in [2.45, 2.75) is 44.5 Å². The Kier molecular flexibility index (Phi) is 4.63. The number of aromatic nitrogens is 3. The molecule has 0 bridgehead atoms. The number of rotatable bonds is 4. The number of nitrogens with zero attached hydrogens (tertiary/aromatic N) is 4. The van der Waals surface area contributed by atoms with Crippen LogP contribution in [-0.2, 0) is 16.1 Å². The summed E-state index contributed by atoms with van der Waals surface area (Å²) < 4.78 is 12.2. The fourth-order valence-electron chi connectivity index (χ4n) is 3.71. The summed E-state index contributed by atoms with van der Waals surface area (Å²) in [5.41, 5.74) is 1.96. The molecule has 1 atom stereocenters. The van der Waals surface area contributed by atoms with Gasteiger partial charge in [0.15, 0.2) is 0 Å². The van der Waals surface area contributed by atoms with Gasteiger partial charge >= 0.3 is 0 Å². The van der Waals surface area contributed by atoms with Crippen molar-refractivity contribution >= 4 is 5.95 Å². The fraction of sp³-hybridized carbons (Fsp3) is 0.526. The van der Waals surface area contributed by atoms with Crippen molar-refractivity contribution in [1.29, 1.82) is 0 Å². The Morgan fingerprint density at radius 3 is 2.76 bits per heavy atom. The van der Waals surface area contributed by atoms with Crippen LogP contribution in [0, 0.1) is 6.92 Å². The summed E-state index contributed by atoms with van der Waals surface area (Å²) in [6.45, 7) is 5.08. The van der Waals surface area contributed by atoms with E-state index in [1.165, 1.54) is 0 Å². The standard InChI is InChI=1S/C19H24N4O2/c1-15-4-2-5-16(22-15)13-24-17-12-19(25-14-17)6-10-23(11-7-19)18-20-8-3-9-21-18/h2-5,8-9,17H,6-7,10-14H2,1H3. The van der Waals surface area contributed by atoms with Gasteiger partial charge in [-0.15, -0.1) is 0 Å². The molecule has 1 unspecified atom stereocenters. The van der Waals surface area contributed by atoms with Crippen LogP contribution in [0.3, 0.4) is 0 Å². The van der Waals surface area contributed by atoms with Gasteiger partial charge in [0.25, 0.3) is 0 Å². The number of pyridine rings is 1. The first-order chi connectivity index (χ1) is 12.2. The van der Waals surface area contributed by atoms with Crippen LogP contribution in [0.4, 0.5) is 5.95 Å². The molecule has 2 saturated heterocycles. The molecule has 132 valence electrons. The van der Waals surface area contributed by atoms with E-state index in [2.05, 4.69) is 19.9 Å². The van der Waals surface area contributed by atoms with Crippen LogP contribution in [-0.4, -0.2) is 46.4 Å². The van der Waals surface area contributed by atoms with E-state index in [9.17, 15) is 0 Å². The number of aryl methyl sites for hydroxylation is 1. The van der Waals surface area contributed by atoms with Crippen LogP contribution in [0.5, 0.6) is 0 Å². The number of piperidine rings is 1. The highest BCUT2D eigenvalue weighted by molar-refractivity contribution is 5.29. The van der Waals surface area contributed by atoms with Crippen molar-refractivity contribution in [1.82, 2.24) is 15.0 Å². The van der Waals surface area contributed by atoms with E-state index in [-0.39, 0.29) is 11.7 Å². The lowest BCUT2D eigenvalue weighted by Gasteiger charge is -2.38. The molecule has 0 aromatic carbocycles. The molecule has 2 fully saturated rings. The van der Waals surface area contributed by atoms with Gasteiger partial charge in [0.2, 0.25) is 5.95 Å². The van der Waals surface area contributed by atoms with Crippen molar-refractivity contribution in [2.24, 2.45) is 0 Å².